The SMILES string of the molecule is Cc1ncc(C(N)=C(C(=O)O)C(=O)O)n1C. The topological polar surface area (TPSA) is 118 Å². The lowest BCUT2D eigenvalue weighted by atomic mass is 10.1. The van der Waals surface area contributed by atoms with Gasteiger partial charge in [0.25, 0.3) is 0 Å². The van der Waals surface area contributed by atoms with Crippen molar-refractivity contribution in [1.82, 2.24) is 9.55 Å². The molecule has 7 heteroatoms. The third-order valence-corrected chi connectivity index (χ3v) is 2.19. The first-order valence-corrected chi connectivity index (χ1v) is 4.31. The summed E-state index contributed by atoms with van der Waals surface area (Å²) in [7, 11) is 1.62. The monoisotopic (exact) mass is 225 g/mol. The van der Waals surface area contributed by atoms with E-state index in [4.69, 9.17) is 15.9 Å². The van der Waals surface area contributed by atoms with Gasteiger partial charge in [-0.05, 0) is 6.92 Å². The van der Waals surface area contributed by atoms with E-state index in [2.05, 4.69) is 4.98 Å². The van der Waals surface area contributed by atoms with Gasteiger partial charge < -0.3 is 20.5 Å². The van der Waals surface area contributed by atoms with Crippen LogP contribution in [0, 0.1) is 6.92 Å². The number of aryl methyl sites for hydroxylation is 1. The van der Waals surface area contributed by atoms with Crippen molar-refractivity contribution in [1.29, 1.82) is 0 Å². The van der Waals surface area contributed by atoms with Gasteiger partial charge in [-0.1, -0.05) is 0 Å². The van der Waals surface area contributed by atoms with Gasteiger partial charge in [-0.3, -0.25) is 0 Å². The summed E-state index contributed by atoms with van der Waals surface area (Å²) in [5.74, 6) is -2.55. The minimum absolute atomic E-state index is 0.261. The van der Waals surface area contributed by atoms with E-state index >= 15 is 0 Å². The maximum absolute atomic E-state index is 10.7. The van der Waals surface area contributed by atoms with Gasteiger partial charge in [-0.2, -0.15) is 0 Å². The molecule has 0 aliphatic heterocycles. The Morgan fingerprint density at radius 1 is 1.38 bits per heavy atom. The maximum atomic E-state index is 10.7. The maximum Gasteiger partial charge on any atom is 0.345 e. The van der Waals surface area contributed by atoms with Crippen LogP contribution in [0.5, 0.6) is 0 Å². The van der Waals surface area contributed by atoms with E-state index in [-0.39, 0.29) is 11.4 Å². The zero-order valence-corrected chi connectivity index (χ0v) is 8.76. The third-order valence-electron chi connectivity index (χ3n) is 2.19. The van der Waals surface area contributed by atoms with Crippen LogP contribution < -0.4 is 5.73 Å². The second kappa shape index (κ2) is 4.05. The Labute approximate surface area is 90.8 Å². The Morgan fingerprint density at radius 3 is 2.19 bits per heavy atom. The van der Waals surface area contributed by atoms with Crippen molar-refractivity contribution in [2.45, 2.75) is 6.92 Å². The molecule has 0 radical (unpaired) electrons. The highest BCUT2D eigenvalue weighted by atomic mass is 16.4. The van der Waals surface area contributed by atoms with Crippen molar-refractivity contribution in [3.8, 4) is 0 Å². The number of nitrogens with two attached hydrogens (primary N) is 1. The molecule has 1 rings (SSSR count). The number of carboxylic acid groups (broad SMARTS) is 2. The molecule has 7 nitrogen and oxygen atoms in total. The zero-order valence-electron chi connectivity index (χ0n) is 8.76. The van der Waals surface area contributed by atoms with Crippen LogP contribution in [-0.4, -0.2) is 31.7 Å². The molecular formula is C9H11N3O4. The van der Waals surface area contributed by atoms with Crippen LogP contribution in [-0.2, 0) is 16.6 Å². The number of rotatable bonds is 3. The Morgan fingerprint density at radius 2 is 1.88 bits per heavy atom. The van der Waals surface area contributed by atoms with Gasteiger partial charge in [-0.15, -0.1) is 0 Å². The molecule has 0 aliphatic rings. The summed E-state index contributed by atoms with van der Waals surface area (Å²) in [6.45, 7) is 1.69. The molecule has 1 aromatic rings. The molecular weight excluding hydrogens is 214 g/mol. The minimum atomic E-state index is -1.58. The van der Waals surface area contributed by atoms with E-state index in [0.29, 0.717) is 5.82 Å². The molecule has 0 saturated heterocycles. The Bertz CT molecular complexity index is 471. The predicted molar refractivity (Wildman–Crippen MR) is 54.3 cm³/mol. The molecule has 0 atom stereocenters. The van der Waals surface area contributed by atoms with Gasteiger partial charge in [0.2, 0.25) is 0 Å². The quantitative estimate of drug-likeness (QED) is 0.365. The lowest BCUT2D eigenvalue weighted by Crippen LogP contribution is -2.18. The molecule has 0 fully saturated rings. The van der Waals surface area contributed by atoms with E-state index in [9.17, 15) is 9.59 Å². The molecule has 0 saturated carbocycles. The summed E-state index contributed by atoms with van der Waals surface area (Å²) in [4.78, 5) is 25.4. The molecule has 0 unspecified atom stereocenters. The first-order valence-electron chi connectivity index (χ1n) is 4.31. The van der Waals surface area contributed by atoms with E-state index in [1.54, 1.807) is 14.0 Å². The first-order chi connectivity index (χ1) is 7.36. The minimum Gasteiger partial charge on any atom is -0.477 e. The number of carbonyl (C=O) groups is 2. The smallest absolute Gasteiger partial charge is 0.345 e. The van der Waals surface area contributed by atoms with Gasteiger partial charge in [0, 0.05) is 7.05 Å². The number of nitrogens with zero attached hydrogens (tertiary/aromatic N) is 2. The van der Waals surface area contributed by atoms with Crippen LogP contribution in [0.1, 0.15) is 11.5 Å². The fourth-order valence-electron chi connectivity index (χ4n) is 1.20. The number of aliphatic carboxylic acids is 2. The molecule has 0 amide bonds. The number of carboxylic acids is 2. The number of hydrogen-bond donors (Lipinski definition) is 3. The average molecular weight is 225 g/mol. The van der Waals surface area contributed by atoms with Crippen molar-refractivity contribution < 1.29 is 19.8 Å². The van der Waals surface area contributed by atoms with E-state index in [1.165, 1.54) is 10.8 Å². The van der Waals surface area contributed by atoms with Gasteiger partial charge in [0.15, 0.2) is 5.57 Å². The molecule has 1 aromatic heterocycles. The highest BCUT2D eigenvalue weighted by molar-refractivity contribution is 6.18. The number of aromatic nitrogens is 2. The van der Waals surface area contributed by atoms with E-state index in [0.717, 1.165) is 0 Å². The van der Waals surface area contributed by atoms with E-state index < -0.39 is 17.5 Å². The molecule has 0 bridgehead atoms. The zero-order chi connectivity index (χ0) is 12.5. The number of hydrogen-bond acceptors (Lipinski definition) is 4. The van der Waals surface area contributed by atoms with Crippen LogP contribution in [0.2, 0.25) is 0 Å². The van der Waals surface area contributed by atoms with Crippen LogP contribution in [0.3, 0.4) is 0 Å². The molecule has 1 heterocycles. The molecule has 86 valence electrons. The van der Waals surface area contributed by atoms with Gasteiger partial charge in [-0.25, -0.2) is 14.6 Å². The summed E-state index contributed by atoms with van der Waals surface area (Å²) < 4.78 is 1.52. The fourth-order valence-corrected chi connectivity index (χ4v) is 1.20. The summed E-state index contributed by atoms with van der Waals surface area (Å²) >= 11 is 0. The van der Waals surface area contributed by atoms with E-state index in [1.807, 2.05) is 0 Å². The first kappa shape index (κ1) is 11.8. The van der Waals surface area contributed by atoms with Crippen LogP contribution in [0.25, 0.3) is 5.70 Å². The predicted octanol–water partition coefficient (Wildman–Crippen LogP) is -0.432. The average Bonchev–Trinajstić information content (AvgIpc) is 2.46. The summed E-state index contributed by atoms with van der Waals surface area (Å²) in [6, 6.07) is 0. The summed E-state index contributed by atoms with van der Waals surface area (Å²) in [6.07, 6.45) is 1.33. The molecule has 0 aromatic carbocycles. The molecule has 16 heavy (non-hydrogen) atoms. The van der Waals surface area contributed by atoms with Gasteiger partial charge in [0.05, 0.1) is 17.6 Å². The van der Waals surface area contributed by atoms with Crippen molar-refractivity contribution in [2.24, 2.45) is 12.8 Å². The Balaban J connectivity index is 3.41. The highest BCUT2D eigenvalue weighted by Crippen LogP contribution is 2.14. The Kier molecular flexibility index (Phi) is 2.98. The van der Waals surface area contributed by atoms with Crippen LogP contribution >= 0.6 is 0 Å². The fraction of sp³-hybridized carbons (Fsp3) is 0.222. The van der Waals surface area contributed by atoms with Gasteiger partial charge in [0.1, 0.15) is 5.82 Å². The Hall–Kier alpha value is -2.31. The highest BCUT2D eigenvalue weighted by Gasteiger charge is 2.23. The second-order valence-electron chi connectivity index (χ2n) is 3.15. The van der Waals surface area contributed by atoms with Crippen molar-refractivity contribution in [3.05, 3.63) is 23.3 Å². The number of imidazole rings is 1. The standard InChI is InChI=1S/C9H11N3O4/c1-4-11-3-5(12(4)2)7(10)6(8(13)14)9(15)16/h3H,10H2,1-2H3,(H,13,14)(H,15,16). The van der Waals surface area contributed by atoms with Crippen LogP contribution in [0.4, 0.5) is 0 Å². The van der Waals surface area contributed by atoms with Gasteiger partial charge >= 0.3 is 11.9 Å². The molecule has 0 spiro atoms. The molecule has 0 aliphatic carbocycles. The third kappa shape index (κ3) is 1.88. The molecule has 4 N–H and O–H groups in total. The largest absolute Gasteiger partial charge is 0.477 e. The lowest BCUT2D eigenvalue weighted by molar-refractivity contribution is -0.140. The van der Waals surface area contributed by atoms with Crippen molar-refractivity contribution >= 4 is 17.6 Å². The summed E-state index contributed by atoms with van der Waals surface area (Å²) in [5, 5.41) is 17.4. The van der Waals surface area contributed by atoms with Crippen LogP contribution in [0.15, 0.2) is 11.8 Å². The normalized spacial score (nSPS) is 9.88. The lowest BCUT2D eigenvalue weighted by Gasteiger charge is -2.06. The second-order valence-corrected chi connectivity index (χ2v) is 3.15. The summed E-state index contributed by atoms with van der Waals surface area (Å²) in [5.41, 5.74) is 4.60. The van der Waals surface area contributed by atoms with Crippen molar-refractivity contribution in [2.75, 3.05) is 0 Å². The van der Waals surface area contributed by atoms with Crippen molar-refractivity contribution in [3.63, 3.8) is 0 Å².